The lowest BCUT2D eigenvalue weighted by Gasteiger charge is -2.10. The van der Waals surface area contributed by atoms with Crippen LogP contribution in [0.25, 0.3) is 11.1 Å². The summed E-state index contributed by atoms with van der Waals surface area (Å²) in [5, 5.41) is 0. The molecule has 0 aliphatic rings. The van der Waals surface area contributed by atoms with Crippen molar-refractivity contribution >= 4 is 11.9 Å². The van der Waals surface area contributed by atoms with Gasteiger partial charge < -0.3 is 9.47 Å². The minimum atomic E-state index is -1.47. The van der Waals surface area contributed by atoms with E-state index in [1.165, 1.54) is 7.11 Å². The van der Waals surface area contributed by atoms with Crippen molar-refractivity contribution in [1.82, 2.24) is 0 Å². The Morgan fingerprint density at radius 1 is 0.960 bits per heavy atom. The molecule has 1 atom stereocenters. The molecule has 132 valence electrons. The zero-order chi connectivity index (χ0) is 18.4. The maximum Gasteiger partial charge on any atom is 0.513 e. The highest BCUT2D eigenvalue weighted by Crippen LogP contribution is 2.24. The molecular formula is C20H21FO4. The van der Waals surface area contributed by atoms with Gasteiger partial charge in [0.05, 0.1) is 7.11 Å². The number of methoxy groups -OCH3 is 1. The van der Waals surface area contributed by atoms with Crippen molar-refractivity contribution in [1.29, 1.82) is 0 Å². The minimum Gasteiger partial charge on any atom is -0.437 e. The molecule has 0 saturated heterocycles. The number of hydrogen-bond donors (Lipinski definition) is 0. The molecule has 0 fully saturated rings. The second kappa shape index (κ2) is 8.42. The Hall–Kier alpha value is -2.69. The Kier molecular flexibility index (Phi) is 6.28. The molecule has 0 amide bonds. The summed E-state index contributed by atoms with van der Waals surface area (Å²) >= 11 is 0. The predicted molar refractivity (Wildman–Crippen MR) is 93.6 cm³/mol. The van der Waals surface area contributed by atoms with Crippen LogP contribution in [0.3, 0.4) is 0 Å². The van der Waals surface area contributed by atoms with Crippen LogP contribution < -0.4 is 4.74 Å². The van der Waals surface area contributed by atoms with Crippen LogP contribution in [0, 0.1) is 5.92 Å². The van der Waals surface area contributed by atoms with Gasteiger partial charge in [-0.1, -0.05) is 50.2 Å². The number of ketones is 1. The molecule has 0 radical (unpaired) electrons. The quantitative estimate of drug-likeness (QED) is 0.417. The van der Waals surface area contributed by atoms with Crippen molar-refractivity contribution in [3.8, 4) is 16.9 Å². The molecule has 2 rings (SSSR count). The summed E-state index contributed by atoms with van der Waals surface area (Å²) in [7, 11) is 1.24. The first-order valence-corrected chi connectivity index (χ1v) is 8.05. The van der Waals surface area contributed by atoms with Gasteiger partial charge in [0.2, 0.25) is 0 Å². The highest BCUT2D eigenvalue weighted by atomic mass is 19.1. The summed E-state index contributed by atoms with van der Waals surface area (Å²) in [6, 6.07) is 13.7. The van der Waals surface area contributed by atoms with Gasteiger partial charge in [0.25, 0.3) is 0 Å². The van der Waals surface area contributed by atoms with Gasteiger partial charge in [0.15, 0.2) is 12.0 Å². The van der Waals surface area contributed by atoms with Crippen molar-refractivity contribution in [3.05, 3.63) is 54.1 Å². The van der Waals surface area contributed by atoms with E-state index in [9.17, 15) is 14.0 Å². The maximum absolute atomic E-state index is 13.9. The monoisotopic (exact) mass is 344 g/mol. The lowest BCUT2D eigenvalue weighted by molar-refractivity contribution is 0.0855. The maximum atomic E-state index is 13.9. The third-order valence-electron chi connectivity index (χ3n) is 3.69. The smallest absolute Gasteiger partial charge is 0.437 e. The fraction of sp³-hybridized carbons (Fsp3) is 0.300. The first-order chi connectivity index (χ1) is 11.9. The molecule has 1 unspecified atom stereocenters. The van der Waals surface area contributed by atoms with E-state index < -0.39 is 18.1 Å². The number of benzene rings is 2. The molecule has 0 aliphatic heterocycles. The van der Waals surface area contributed by atoms with Gasteiger partial charge in [0, 0.05) is 5.56 Å². The van der Waals surface area contributed by atoms with Gasteiger partial charge in [-0.05, 0) is 35.6 Å². The van der Waals surface area contributed by atoms with E-state index in [-0.39, 0.29) is 12.3 Å². The lowest BCUT2D eigenvalue weighted by Crippen LogP contribution is -2.17. The number of hydrogen-bond acceptors (Lipinski definition) is 4. The first kappa shape index (κ1) is 18.6. The van der Waals surface area contributed by atoms with Crippen LogP contribution in [0.15, 0.2) is 48.5 Å². The van der Waals surface area contributed by atoms with E-state index >= 15 is 0 Å². The summed E-state index contributed by atoms with van der Waals surface area (Å²) in [6.45, 7) is 3.77. The summed E-state index contributed by atoms with van der Waals surface area (Å²) in [4.78, 5) is 23.1. The highest BCUT2D eigenvalue weighted by Gasteiger charge is 2.20. The van der Waals surface area contributed by atoms with E-state index in [1.807, 2.05) is 13.8 Å². The summed E-state index contributed by atoms with van der Waals surface area (Å²) in [6.07, 6.45) is -2.03. The predicted octanol–water partition coefficient (Wildman–Crippen LogP) is 5.07. The molecule has 0 aromatic heterocycles. The van der Waals surface area contributed by atoms with Crippen LogP contribution >= 0.6 is 0 Å². The molecular weight excluding hydrogens is 323 g/mol. The number of alkyl halides is 1. The fourth-order valence-corrected chi connectivity index (χ4v) is 2.38. The molecule has 0 heterocycles. The van der Waals surface area contributed by atoms with Gasteiger partial charge in [0.1, 0.15) is 5.75 Å². The van der Waals surface area contributed by atoms with Crippen molar-refractivity contribution < 1.29 is 23.5 Å². The Bertz CT molecular complexity index is 720. The van der Waals surface area contributed by atoms with E-state index in [1.54, 1.807) is 48.5 Å². The minimum absolute atomic E-state index is 0.129. The molecule has 0 N–H and O–H groups in total. The van der Waals surface area contributed by atoms with E-state index in [0.29, 0.717) is 11.3 Å². The average molecular weight is 344 g/mol. The topological polar surface area (TPSA) is 52.6 Å². The first-order valence-electron chi connectivity index (χ1n) is 8.05. The summed E-state index contributed by atoms with van der Waals surface area (Å²) in [5.74, 6) is 0.0161. The van der Waals surface area contributed by atoms with Crippen molar-refractivity contribution in [2.45, 2.75) is 26.4 Å². The second-order valence-electron chi connectivity index (χ2n) is 6.12. The summed E-state index contributed by atoms with van der Waals surface area (Å²) in [5.41, 5.74) is 2.12. The van der Waals surface area contributed by atoms with E-state index in [0.717, 1.165) is 11.1 Å². The third kappa shape index (κ3) is 5.14. The van der Waals surface area contributed by atoms with Gasteiger partial charge >= 0.3 is 6.16 Å². The van der Waals surface area contributed by atoms with Crippen molar-refractivity contribution in [2.24, 2.45) is 5.92 Å². The Morgan fingerprint density at radius 3 is 1.96 bits per heavy atom. The van der Waals surface area contributed by atoms with Gasteiger partial charge in [-0.3, -0.25) is 4.79 Å². The van der Waals surface area contributed by atoms with Gasteiger partial charge in [-0.2, -0.15) is 0 Å². The Balaban J connectivity index is 2.09. The molecule has 2 aromatic rings. The molecule has 4 nitrogen and oxygen atoms in total. The van der Waals surface area contributed by atoms with Crippen LogP contribution in [0.4, 0.5) is 9.18 Å². The number of carbonyl (C=O) groups excluding carboxylic acids is 2. The fourth-order valence-electron chi connectivity index (χ4n) is 2.38. The van der Waals surface area contributed by atoms with Crippen LogP contribution in [-0.2, 0) is 4.74 Å². The number of Topliss-reactive ketones (excluding diaryl/α,β-unsaturated/α-hetero) is 1. The average Bonchev–Trinajstić information content (AvgIpc) is 2.61. The Labute approximate surface area is 146 Å². The molecule has 5 heteroatoms. The Morgan fingerprint density at radius 2 is 1.48 bits per heavy atom. The largest absolute Gasteiger partial charge is 0.513 e. The number of carbonyl (C=O) groups is 2. The second-order valence-corrected chi connectivity index (χ2v) is 6.12. The zero-order valence-corrected chi connectivity index (χ0v) is 14.5. The third-order valence-corrected chi connectivity index (χ3v) is 3.69. The SMILES string of the molecule is COC(=O)Oc1ccc(-c2ccc(C(=O)C(F)CC(C)C)cc2)cc1. The van der Waals surface area contributed by atoms with Crippen molar-refractivity contribution in [3.63, 3.8) is 0 Å². The van der Waals surface area contributed by atoms with E-state index in [4.69, 9.17) is 4.74 Å². The normalized spacial score (nSPS) is 11.9. The highest BCUT2D eigenvalue weighted by molar-refractivity contribution is 5.99. The van der Waals surface area contributed by atoms with Crippen LogP contribution in [-0.4, -0.2) is 25.2 Å². The molecule has 0 bridgehead atoms. The molecule has 0 aliphatic carbocycles. The van der Waals surface area contributed by atoms with Crippen LogP contribution in [0.2, 0.25) is 0 Å². The molecule has 0 saturated carbocycles. The summed E-state index contributed by atoms with van der Waals surface area (Å²) < 4.78 is 23.3. The molecule has 0 spiro atoms. The van der Waals surface area contributed by atoms with Crippen molar-refractivity contribution in [2.75, 3.05) is 7.11 Å². The van der Waals surface area contributed by atoms with Crippen LogP contribution in [0.5, 0.6) is 5.75 Å². The number of halogens is 1. The van der Waals surface area contributed by atoms with Gasteiger partial charge in [-0.25, -0.2) is 9.18 Å². The molecule has 2 aromatic carbocycles. The zero-order valence-electron chi connectivity index (χ0n) is 14.5. The lowest BCUT2D eigenvalue weighted by atomic mass is 9.97. The van der Waals surface area contributed by atoms with Gasteiger partial charge in [-0.15, -0.1) is 0 Å². The molecule has 25 heavy (non-hydrogen) atoms. The van der Waals surface area contributed by atoms with Crippen LogP contribution in [0.1, 0.15) is 30.6 Å². The standard InChI is InChI=1S/C20H21FO4/c1-13(2)12-18(21)19(22)16-6-4-14(5-7-16)15-8-10-17(11-9-15)25-20(23)24-3/h4-11,13,18H,12H2,1-3H3. The number of ether oxygens (including phenoxy) is 2. The van der Waals surface area contributed by atoms with E-state index in [2.05, 4.69) is 4.74 Å². The number of rotatable bonds is 6.